The van der Waals surface area contributed by atoms with E-state index < -0.39 is 5.97 Å². The molecule has 2 aromatic rings. The highest BCUT2D eigenvalue weighted by molar-refractivity contribution is 6.30. The Bertz CT molecular complexity index is 665. The van der Waals surface area contributed by atoms with Crippen LogP contribution in [0.5, 0.6) is 5.75 Å². The Balaban J connectivity index is 2.17. The van der Waals surface area contributed by atoms with E-state index in [0.717, 1.165) is 16.8 Å². The molecule has 20 heavy (non-hydrogen) atoms. The van der Waals surface area contributed by atoms with Gasteiger partial charge in [-0.3, -0.25) is 4.68 Å². The van der Waals surface area contributed by atoms with Gasteiger partial charge in [0.1, 0.15) is 17.5 Å². The first kappa shape index (κ1) is 14.4. The Kier molecular flexibility index (Phi) is 3.99. The van der Waals surface area contributed by atoms with Crippen LogP contribution < -0.4 is 4.74 Å². The lowest BCUT2D eigenvalue weighted by atomic mass is 10.1. The number of carboxylic acid groups (broad SMARTS) is 1. The molecule has 0 spiro atoms. The minimum absolute atomic E-state index is 0.241. The number of aromatic nitrogens is 2. The lowest BCUT2D eigenvalue weighted by molar-refractivity contribution is 0.0696. The Morgan fingerprint density at radius 3 is 2.65 bits per heavy atom. The van der Waals surface area contributed by atoms with E-state index in [1.54, 1.807) is 30.8 Å². The van der Waals surface area contributed by atoms with Crippen molar-refractivity contribution in [3.05, 3.63) is 45.7 Å². The van der Waals surface area contributed by atoms with Gasteiger partial charge in [0.25, 0.3) is 0 Å². The standard InChI is InChI=1S/C14H15ClN2O3/c1-8-6-10(14(18)19)4-5-12(8)20-7-11-9(2)16-17(3)13(11)15/h4-6H,7H2,1-3H3,(H,18,19). The number of rotatable bonds is 4. The molecular weight excluding hydrogens is 280 g/mol. The van der Waals surface area contributed by atoms with E-state index in [9.17, 15) is 4.79 Å². The van der Waals surface area contributed by atoms with Crippen LogP contribution in [0.4, 0.5) is 0 Å². The first-order valence-corrected chi connectivity index (χ1v) is 6.42. The average molecular weight is 295 g/mol. The van der Waals surface area contributed by atoms with Gasteiger partial charge in [0, 0.05) is 12.6 Å². The fourth-order valence-electron chi connectivity index (χ4n) is 1.93. The van der Waals surface area contributed by atoms with Crippen LogP contribution in [0, 0.1) is 13.8 Å². The molecule has 0 saturated carbocycles. The molecule has 0 atom stereocenters. The second kappa shape index (κ2) is 5.54. The SMILES string of the molecule is Cc1cc(C(=O)O)ccc1OCc1c(C)nn(C)c1Cl. The van der Waals surface area contributed by atoms with Crippen LogP contribution in [0.15, 0.2) is 18.2 Å². The number of hydrogen-bond donors (Lipinski definition) is 1. The van der Waals surface area contributed by atoms with Crippen LogP contribution in [0.2, 0.25) is 5.15 Å². The number of carboxylic acids is 1. The number of halogens is 1. The van der Waals surface area contributed by atoms with E-state index in [1.165, 1.54) is 6.07 Å². The molecule has 5 nitrogen and oxygen atoms in total. The maximum absolute atomic E-state index is 10.9. The van der Waals surface area contributed by atoms with Crippen molar-refractivity contribution in [2.45, 2.75) is 20.5 Å². The molecule has 0 unspecified atom stereocenters. The summed E-state index contributed by atoms with van der Waals surface area (Å²) in [6, 6.07) is 4.75. The maximum atomic E-state index is 10.9. The molecule has 0 amide bonds. The summed E-state index contributed by atoms with van der Waals surface area (Å²) in [4.78, 5) is 10.9. The summed E-state index contributed by atoms with van der Waals surface area (Å²) >= 11 is 6.13. The van der Waals surface area contributed by atoms with Crippen LogP contribution in [0.25, 0.3) is 0 Å². The Labute approximate surface area is 121 Å². The van der Waals surface area contributed by atoms with Crippen molar-refractivity contribution in [2.24, 2.45) is 7.05 Å². The predicted octanol–water partition coefficient (Wildman–Crippen LogP) is 2.97. The maximum Gasteiger partial charge on any atom is 0.335 e. The lowest BCUT2D eigenvalue weighted by Crippen LogP contribution is -2.01. The van der Waals surface area contributed by atoms with Gasteiger partial charge in [0.2, 0.25) is 0 Å². The highest BCUT2D eigenvalue weighted by atomic mass is 35.5. The number of aromatic carboxylic acids is 1. The Morgan fingerprint density at radius 1 is 1.45 bits per heavy atom. The van der Waals surface area contributed by atoms with Crippen molar-refractivity contribution in [3.63, 3.8) is 0 Å². The van der Waals surface area contributed by atoms with Gasteiger partial charge in [-0.15, -0.1) is 0 Å². The van der Waals surface area contributed by atoms with Crippen molar-refractivity contribution in [1.82, 2.24) is 9.78 Å². The molecule has 106 valence electrons. The van der Waals surface area contributed by atoms with Crippen LogP contribution in [0.3, 0.4) is 0 Å². The zero-order valence-corrected chi connectivity index (χ0v) is 12.2. The molecule has 6 heteroatoms. The zero-order valence-electron chi connectivity index (χ0n) is 11.5. The molecule has 2 rings (SSSR count). The van der Waals surface area contributed by atoms with E-state index in [0.29, 0.717) is 17.5 Å². The summed E-state index contributed by atoms with van der Waals surface area (Å²) in [5, 5.41) is 13.7. The number of aryl methyl sites for hydroxylation is 3. The Morgan fingerprint density at radius 2 is 2.15 bits per heavy atom. The van der Waals surface area contributed by atoms with Gasteiger partial charge < -0.3 is 9.84 Å². The molecule has 0 aliphatic rings. The van der Waals surface area contributed by atoms with Crippen LogP contribution in [-0.2, 0) is 13.7 Å². The smallest absolute Gasteiger partial charge is 0.335 e. The number of hydrogen-bond acceptors (Lipinski definition) is 3. The van der Waals surface area contributed by atoms with Crippen LogP contribution in [-0.4, -0.2) is 20.9 Å². The minimum Gasteiger partial charge on any atom is -0.488 e. The molecule has 0 saturated heterocycles. The Hall–Kier alpha value is -2.01. The van der Waals surface area contributed by atoms with Gasteiger partial charge in [-0.1, -0.05) is 11.6 Å². The fourth-order valence-corrected chi connectivity index (χ4v) is 2.16. The van der Waals surface area contributed by atoms with E-state index in [1.807, 2.05) is 6.92 Å². The summed E-state index contributed by atoms with van der Waals surface area (Å²) in [6.07, 6.45) is 0. The molecule has 0 bridgehead atoms. The summed E-state index contributed by atoms with van der Waals surface area (Å²) in [5.41, 5.74) is 2.65. The number of carbonyl (C=O) groups is 1. The highest BCUT2D eigenvalue weighted by Gasteiger charge is 2.13. The second-order valence-electron chi connectivity index (χ2n) is 4.55. The molecule has 1 heterocycles. The molecule has 1 aromatic heterocycles. The number of benzene rings is 1. The van der Waals surface area contributed by atoms with Gasteiger partial charge in [-0.25, -0.2) is 4.79 Å². The third kappa shape index (κ3) is 2.77. The quantitative estimate of drug-likeness (QED) is 0.941. The van der Waals surface area contributed by atoms with Crippen molar-refractivity contribution in [3.8, 4) is 5.75 Å². The summed E-state index contributed by atoms with van der Waals surface area (Å²) in [5.74, 6) is -0.319. The fraction of sp³-hybridized carbons (Fsp3) is 0.286. The van der Waals surface area contributed by atoms with E-state index >= 15 is 0 Å². The monoisotopic (exact) mass is 294 g/mol. The largest absolute Gasteiger partial charge is 0.488 e. The topological polar surface area (TPSA) is 64.3 Å². The van der Waals surface area contributed by atoms with E-state index in [2.05, 4.69) is 5.10 Å². The van der Waals surface area contributed by atoms with Gasteiger partial charge in [0.15, 0.2) is 0 Å². The lowest BCUT2D eigenvalue weighted by Gasteiger charge is -2.09. The summed E-state index contributed by atoms with van der Waals surface area (Å²) in [7, 11) is 1.77. The number of ether oxygens (including phenoxy) is 1. The molecule has 1 N–H and O–H groups in total. The van der Waals surface area contributed by atoms with Gasteiger partial charge >= 0.3 is 5.97 Å². The predicted molar refractivity (Wildman–Crippen MR) is 75.4 cm³/mol. The van der Waals surface area contributed by atoms with Crippen molar-refractivity contribution in [1.29, 1.82) is 0 Å². The van der Waals surface area contributed by atoms with Gasteiger partial charge in [-0.05, 0) is 37.6 Å². The zero-order chi connectivity index (χ0) is 14.9. The van der Waals surface area contributed by atoms with Crippen LogP contribution in [0.1, 0.15) is 27.2 Å². The average Bonchev–Trinajstić information content (AvgIpc) is 2.62. The molecule has 0 aliphatic heterocycles. The third-order valence-electron chi connectivity index (χ3n) is 3.06. The highest BCUT2D eigenvalue weighted by Crippen LogP contribution is 2.24. The normalized spacial score (nSPS) is 10.6. The summed E-state index contributed by atoms with van der Waals surface area (Å²) in [6.45, 7) is 3.97. The molecule has 0 fully saturated rings. The molecule has 0 radical (unpaired) electrons. The third-order valence-corrected chi connectivity index (χ3v) is 3.54. The first-order valence-electron chi connectivity index (χ1n) is 6.05. The second-order valence-corrected chi connectivity index (χ2v) is 4.91. The first-order chi connectivity index (χ1) is 9.40. The molecule has 1 aromatic carbocycles. The summed E-state index contributed by atoms with van der Waals surface area (Å²) < 4.78 is 7.30. The van der Waals surface area contributed by atoms with Gasteiger partial charge in [-0.2, -0.15) is 5.10 Å². The van der Waals surface area contributed by atoms with Crippen molar-refractivity contribution in [2.75, 3.05) is 0 Å². The molecule has 0 aliphatic carbocycles. The van der Waals surface area contributed by atoms with Crippen molar-refractivity contribution < 1.29 is 14.6 Å². The minimum atomic E-state index is -0.953. The van der Waals surface area contributed by atoms with Crippen LogP contribution >= 0.6 is 11.6 Å². The van der Waals surface area contributed by atoms with Gasteiger partial charge in [0.05, 0.1) is 11.3 Å². The van der Waals surface area contributed by atoms with E-state index in [4.69, 9.17) is 21.4 Å². The van der Waals surface area contributed by atoms with E-state index in [-0.39, 0.29) is 5.56 Å². The van der Waals surface area contributed by atoms with Crippen molar-refractivity contribution >= 4 is 17.6 Å². The number of nitrogens with zero attached hydrogens (tertiary/aromatic N) is 2. The molecular formula is C14H15ClN2O3.